The van der Waals surface area contributed by atoms with Crippen molar-refractivity contribution < 1.29 is 24.5 Å². The number of likely N-dealkylation sites (N-methyl/N-ethyl adjacent to an activating group) is 1. The largest absolute Gasteiger partial charge is 0.388 e. The molecule has 0 radical (unpaired) electrons. The number of rotatable bonds is 7. The Morgan fingerprint density at radius 1 is 1.24 bits per heavy atom. The number of ether oxygens (including phenoxy) is 1. The summed E-state index contributed by atoms with van der Waals surface area (Å²) in [7, 11) is 1.62. The highest BCUT2D eigenvalue weighted by Gasteiger charge is 2.43. The molecule has 136 valence electrons. The Morgan fingerprint density at radius 2 is 1.88 bits per heavy atom. The van der Waals surface area contributed by atoms with E-state index in [4.69, 9.17) is 4.74 Å². The number of nitrogens with one attached hydrogen (secondary N) is 1. The second kappa shape index (κ2) is 8.75. The van der Waals surface area contributed by atoms with Crippen molar-refractivity contribution in [3.8, 4) is 0 Å². The van der Waals surface area contributed by atoms with Crippen molar-refractivity contribution in [2.45, 2.75) is 30.8 Å². The van der Waals surface area contributed by atoms with Gasteiger partial charge in [-0.3, -0.25) is 9.59 Å². The summed E-state index contributed by atoms with van der Waals surface area (Å²) in [5.74, 6) is -0.513. The lowest BCUT2D eigenvalue weighted by Crippen LogP contribution is -2.40. The summed E-state index contributed by atoms with van der Waals surface area (Å²) >= 11 is 0. The van der Waals surface area contributed by atoms with Gasteiger partial charge in [-0.2, -0.15) is 0 Å². The van der Waals surface area contributed by atoms with Gasteiger partial charge in [0.1, 0.15) is 18.3 Å². The lowest BCUT2D eigenvalue weighted by molar-refractivity contribution is -0.133. The van der Waals surface area contributed by atoms with Gasteiger partial charge in [-0.15, -0.1) is 6.58 Å². The van der Waals surface area contributed by atoms with E-state index in [0.29, 0.717) is 12.1 Å². The van der Waals surface area contributed by atoms with Crippen LogP contribution in [0, 0.1) is 0 Å². The molecule has 0 aromatic heterocycles. The Kier molecular flexibility index (Phi) is 6.69. The van der Waals surface area contributed by atoms with Crippen molar-refractivity contribution in [3.05, 3.63) is 48.6 Å². The molecule has 1 saturated heterocycles. The van der Waals surface area contributed by atoms with Crippen LogP contribution in [0.25, 0.3) is 0 Å². The van der Waals surface area contributed by atoms with Gasteiger partial charge in [-0.05, 0) is 12.1 Å². The Hall–Kier alpha value is -2.22. The number of benzene rings is 1. The molecular formula is C18H24N2O5. The first-order chi connectivity index (χ1) is 11.9. The topological polar surface area (TPSA) is 99.1 Å². The Bertz CT molecular complexity index is 607. The maximum atomic E-state index is 12.0. The number of nitrogens with zero attached hydrogens (tertiary/aromatic N) is 1. The van der Waals surface area contributed by atoms with Crippen LogP contribution in [-0.2, 0) is 9.53 Å². The second-order valence-electron chi connectivity index (χ2n) is 6.04. The fraction of sp³-hybridized carbons (Fsp3) is 0.444. The van der Waals surface area contributed by atoms with E-state index >= 15 is 0 Å². The summed E-state index contributed by atoms with van der Waals surface area (Å²) in [5, 5.41) is 22.9. The number of hydrogen-bond donors (Lipinski definition) is 3. The van der Waals surface area contributed by atoms with Crippen LogP contribution in [-0.4, -0.2) is 71.5 Å². The molecule has 0 unspecified atom stereocenters. The van der Waals surface area contributed by atoms with E-state index in [9.17, 15) is 19.8 Å². The molecule has 0 saturated carbocycles. The molecule has 1 aromatic rings. The molecule has 1 fully saturated rings. The van der Waals surface area contributed by atoms with Gasteiger partial charge in [-0.1, -0.05) is 24.3 Å². The zero-order valence-electron chi connectivity index (χ0n) is 14.2. The Morgan fingerprint density at radius 3 is 2.52 bits per heavy atom. The number of carbonyl (C=O) groups excluding carboxylic acids is 2. The van der Waals surface area contributed by atoms with Gasteiger partial charge in [0.25, 0.3) is 5.91 Å². The van der Waals surface area contributed by atoms with Gasteiger partial charge in [0.15, 0.2) is 0 Å². The minimum Gasteiger partial charge on any atom is -0.388 e. The van der Waals surface area contributed by atoms with Crippen molar-refractivity contribution in [2.75, 3.05) is 20.1 Å². The molecule has 0 spiro atoms. The minimum absolute atomic E-state index is 0.0408. The number of aliphatic hydroxyl groups is 2. The third-order valence-electron chi connectivity index (χ3n) is 4.17. The minimum atomic E-state index is -1.18. The van der Waals surface area contributed by atoms with E-state index in [-0.39, 0.29) is 24.8 Å². The smallest absolute Gasteiger partial charge is 0.251 e. The number of amides is 2. The van der Waals surface area contributed by atoms with Crippen LogP contribution < -0.4 is 5.32 Å². The molecule has 3 N–H and O–H groups in total. The van der Waals surface area contributed by atoms with Crippen molar-refractivity contribution in [1.82, 2.24) is 10.2 Å². The zero-order valence-corrected chi connectivity index (χ0v) is 14.2. The SMILES string of the molecule is C=CCN(C)C(=O)C[C@@H]1O[C@H](CNC(=O)c2ccccc2)[C@@H](O)[C@H]1O. The van der Waals surface area contributed by atoms with Crippen molar-refractivity contribution in [3.63, 3.8) is 0 Å². The van der Waals surface area contributed by atoms with Crippen LogP contribution in [0.4, 0.5) is 0 Å². The van der Waals surface area contributed by atoms with Crippen LogP contribution in [0.15, 0.2) is 43.0 Å². The molecule has 4 atom stereocenters. The van der Waals surface area contributed by atoms with Crippen LogP contribution >= 0.6 is 0 Å². The average Bonchev–Trinajstić information content (AvgIpc) is 2.88. The molecule has 1 aromatic carbocycles. The lowest BCUT2D eigenvalue weighted by atomic mass is 10.0. The molecule has 2 rings (SSSR count). The maximum absolute atomic E-state index is 12.0. The lowest BCUT2D eigenvalue weighted by Gasteiger charge is -2.19. The van der Waals surface area contributed by atoms with Crippen molar-refractivity contribution in [1.29, 1.82) is 0 Å². The molecule has 1 heterocycles. The van der Waals surface area contributed by atoms with Crippen LogP contribution in [0.1, 0.15) is 16.8 Å². The van der Waals surface area contributed by atoms with Gasteiger partial charge < -0.3 is 25.2 Å². The molecule has 7 nitrogen and oxygen atoms in total. The summed E-state index contributed by atoms with van der Waals surface area (Å²) in [4.78, 5) is 25.5. The third-order valence-corrected chi connectivity index (χ3v) is 4.17. The third kappa shape index (κ3) is 4.88. The molecule has 1 aliphatic rings. The highest BCUT2D eigenvalue weighted by atomic mass is 16.5. The molecule has 0 aliphatic carbocycles. The molecule has 1 aliphatic heterocycles. The normalized spacial score (nSPS) is 25.4. The van der Waals surface area contributed by atoms with E-state index in [1.165, 1.54) is 4.90 Å². The first kappa shape index (κ1) is 19.1. The van der Waals surface area contributed by atoms with Crippen molar-refractivity contribution in [2.24, 2.45) is 0 Å². The predicted molar refractivity (Wildman–Crippen MR) is 91.9 cm³/mol. The van der Waals surface area contributed by atoms with Crippen LogP contribution in [0.2, 0.25) is 0 Å². The number of carbonyl (C=O) groups is 2. The maximum Gasteiger partial charge on any atom is 0.251 e. The summed E-state index contributed by atoms with van der Waals surface area (Å²) in [6.07, 6.45) is -2.39. The summed E-state index contributed by atoms with van der Waals surface area (Å²) in [6.45, 7) is 4.00. The summed E-state index contributed by atoms with van der Waals surface area (Å²) < 4.78 is 5.58. The molecular weight excluding hydrogens is 324 g/mol. The fourth-order valence-corrected chi connectivity index (χ4v) is 2.67. The van der Waals surface area contributed by atoms with Gasteiger partial charge in [0.2, 0.25) is 5.91 Å². The summed E-state index contributed by atoms with van der Waals surface area (Å²) in [6, 6.07) is 8.66. The standard InChI is InChI=1S/C18H24N2O5/c1-3-9-20(2)15(21)10-13-16(22)17(23)14(25-13)11-19-18(24)12-7-5-4-6-8-12/h3-8,13-14,16-17,22-23H,1,9-11H2,2H3,(H,19,24)/t13-,14+,16-,17+/m0/s1. The van der Waals surface area contributed by atoms with E-state index in [0.717, 1.165) is 0 Å². The second-order valence-corrected chi connectivity index (χ2v) is 6.04. The highest BCUT2D eigenvalue weighted by Crippen LogP contribution is 2.24. The van der Waals surface area contributed by atoms with Gasteiger partial charge in [0, 0.05) is 25.7 Å². The number of hydrogen-bond acceptors (Lipinski definition) is 5. The van der Waals surface area contributed by atoms with Gasteiger partial charge in [0.05, 0.1) is 12.5 Å². The quantitative estimate of drug-likeness (QED) is 0.600. The first-order valence-electron chi connectivity index (χ1n) is 8.13. The Labute approximate surface area is 146 Å². The van der Waals surface area contributed by atoms with E-state index < -0.39 is 24.4 Å². The molecule has 0 bridgehead atoms. The molecule has 7 heteroatoms. The van der Waals surface area contributed by atoms with E-state index in [2.05, 4.69) is 11.9 Å². The monoisotopic (exact) mass is 348 g/mol. The van der Waals surface area contributed by atoms with E-state index in [1.54, 1.807) is 37.4 Å². The zero-order chi connectivity index (χ0) is 18.4. The molecule has 25 heavy (non-hydrogen) atoms. The fourth-order valence-electron chi connectivity index (χ4n) is 2.67. The summed E-state index contributed by atoms with van der Waals surface area (Å²) in [5.41, 5.74) is 0.494. The number of aliphatic hydroxyl groups excluding tert-OH is 2. The predicted octanol–water partition coefficient (Wildman–Crippen LogP) is -0.0599. The van der Waals surface area contributed by atoms with Gasteiger partial charge >= 0.3 is 0 Å². The van der Waals surface area contributed by atoms with Crippen LogP contribution in [0.5, 0.6) is 0 Å². The van der Waals surface area contributed by atoms with Gasteiger partial charge in [-0.25, -0.2) is 0 Å². The van der Waals surface area contributed by atoms with E-state index in [1.807, 2.05) is 6.07 Å². The Balaban J connectivity index is 1.87. The van der Waals surface area contributed by atoms with Crippen molar-refractivity contribution >= 4 is 11.8 Å². The molecule has 2 amide bonds. The van der Waals surface area contributed by atoms with Crippen LogP contribution in [0.3, 0.4) is 0 Å². The highest BCUT2D eigenvalue weighted by molar-refractivity contribution is 5.94. The average molecular weight is 348 g/mol. The first-order valence-corrected chi connectivity index (χ1v) is 8.13.